The molecule has 0 heterocycles. The standard InChI is InChI=1S/C12H17NO2/c1-4-7-13(3)10-5-6-11(9(2)14)12(15)8-10/h4-6,8-9,14-15H,1,7H2,2-3H3. The zero-order valence-electron chi connectivity index (χ0n) is 9.14. The van der Waals surface area contributed by atoms with Crippen molar-refractivity contribution in [1.29, 1.82) is 0 Å². The summed E-state index contributed by atoms with van der Waals surface area (Å²) in [6.07, 6.45) is 1.14. The first kappa shape index (κ1) is 11.6. The number of aliphatic hydroxyl groups is 1. The number of hydrogen-bond donors (Lipinski definition) is 2. The van der Waals surface area contributed by atoms with Gasteiger partial charge in [0.2, 0.25) is 0 Å². The Morgan fingerprint density at radius 2 is 2.20 bits per heavy atom. The van der Waals surface area contributed by atoms with Crippen LogP contribution in [-0.2, 0) is 0 Å². The Balaban J connectivity index is 2.95. The van der Waals surface area contributed by atoms with Crippen molar-refractivity contribution in [3.63, 3.8) is 0 Å². The molecule has 2 N–H and O–H groups in total. The molecule has 0 saturated carbocycles. The zero-order valence-corrected chi connectivity index (χ0v) is 9.14. The van der Waals surface area contributed by atoms with Crippen molar-refractivity contribution < 1.29 is 10.2 Å². The molecule has 3 heteroatoms. The summed E-state index contributed by atoms with van der Waals surface area (Å²) in [5.74, 6) is 0.124. The van der Waals surface area contributed by atoms with Crippen LogP contribution in [0.15, 0.2) is 30.9 Å². The van der Waals surface area contributed by atoms with E-state index in [-0.39, 0.29) is 5.75 Å². The maximum absolute atomic E-state index is 9.67. The highest BCUT2D eigenvalue weighted by molar-refractivity contribution is 5.53. The van der Waals surface area contributed by atoms with E-state index in [2.05, 4.69) is 6.58 Å². The third-order valence-corrected chi connectivity index (χ3v) is 2.31. The SMILES string of the molecule is C=CCN(C)c1ccc(C(C)O)c(O)c1. The monoisotopic (exact) mass is 207 g/mol. The van der Waals surface area contributed by atoms with Gasteiger partial charge in [-0.3, -0.25) is 0 Å². The summed E-state index contributed by atoms with van der Waals surface area (Å²) in [5.41, 5.74) is 1.45. The average molecular weight is 207 g/mol. The molecule has 0 saturated heterocycles. The van der Waals surface area contributed by atoms with Gasteiger partial charge < -0.3 is 15.1 Å². The van der Waals surface area contributed by atoms with Crippen LogP contribution in [0.25, 0.3) is 0 Å². The number of rotatable bonds is 4. The number of likely N-dealkylation sites (N-methyl/N-ethyl adjacent to an activating group) is 1. The summed E-state index contributed by atoms with van der Waals surface area (Å²) in [4.78, 5) is 1.96. The van der Waals surface area contributed by atoms with Crippen LogP contribution in [0, 0.1) is 0 Å². The topological polar surface area (TPSA) is 43.7 Å². The largest absolute Gasteiger partial charge is 0.507 e. The zero-order chi connectivity index (χ0) is 11.4. The highest BCUT2D eigenvalue weighted by Gasteiger charge is 2.08. The van der Waals surface area contributed by atoms with Crippen molar-refractivity contribution in [2.45, 2.75) is 13.0 Å². The molecule has 3 nitrogen and oxygen atoms in total. The molecule has 0 amide bonds. The Hall–Kier alpha value is -1.48. The van der Waals surface area contributed by atoms with E-state index in [0.717, 1.165) is 5.69 Å². The first-order valence-electron chi connectivity index (χ1n) is 4.89. The molecule has 0 aliphatic carbocycles. The molecule has 1 aromatic rings. The predicted molar refractivity (Wildman–Crippen MR) is 62.2 cm³/mol. The lowest BCUT2D eigenvalue weighted by Crippen LogP contribution is -2.16. The Kier molecular flexibility index (Phi) is 3.74. The van der Waals surface area contributed by atoms with E-state index in [0.29, 0.717) is 12.1 Å². The van der Waals surface area contributed by atoms with Gasteiger partial charge >= 0.3 is 0 Å². The fourth-order valence-corrected chi connectivity index (χ4v) is 1.42. The number of phenolic OH excluding ortho intramolecular Hbond substituents is 1. The van der Waals surface area contributed by atoms with Crippen LogP contribution in [0.4, 0.5) is 5.69 Å². The molecule has 1 unspecified atom stereocenters. The van der Waals surface area contributed by atoms with Gasteiger partial charge in [0.05, 0.1) is 6.10 Å². The molecule has 1 rings (SSSR count). The minimum Gasteiger partial charge on any atom is -0.507 e. The number of anilines is 1. The van der Waals surface area contributed by atoms with E-state index >= 15 is 0 Å². The number of benzene rings is 1. The van der Waals surface area contributed by atoms with E-state index in [1.54, 1.807) is 25.1 Å². The van der Waals surface area contributed by atoms with Gasteiger partial charge in [0.1, 0.15) is 5.75 Å². The average Bonchev–Trinajstić information content (AvgIpc) is 2.17. The molecule has 0 spiro atoms. The molecule has 82 valence electrons. The third kappa shape index (κ3) is 2.73. The lowest BCUT2D eigenvalue weighted by Gasteiger charge is -2.18. The van der Waals surface area contributed by atoms with Gasteiger partial charge in [0, 0.05) is 30.9 Å². The van der Waals surface area contributed by atoms with Gasteiger partial charge in [-0.2, -0.15) is 0 Å². The van der Waals surface area contributed by atoms with Gasteiger partial charge in [-0.1, -0.05) is 12.1 Å². The summed E-state index contributed by atoms with van der Waals surface area (Å²) >= 11 is 0. The molecule has 15 heavy (non-hydrogen) atoms. The molecule has 0 aliphatic heterocycles. The first-order valence-corrected chi connectivity index (χ1v) is 4.89. The number of hydrogen-bond acceptors (Lipinski definition) is 3. The van der Waals surface area contributed by atoms with Crippen molar-refractivity contribution in [3.8, 4) is 5.75 Å². The van der Waals surface area contributed by atoms with E-state index in [9.17, 15) is 10.2 Å². The van der Waals surface area contributed by atoms with E-state index in [4.69, 9.17) is 0 Å². The molecule has 1 atom stereocenters. The van der Waals surface area contributed by atoms with Crippen LogP contribution in [0.1, 0.15) is 18.6 Å². The summed E-state index contributed by atoms with van der Waals surface area (Å²) in [6, 6.07) is 5.24. The number of aromatic hydroxyl groups is 1. The van der Waals surface area contributed by atoms with Crippen LogP contribution < -0.4 is 4.90 Å². The molecule has 0 fully saturated rings. The fourth-order valence-electron chi connectivity index (χ4n) is 1.42. The smallest absolute Gasteiger partial charge is 0.123 e. The van der Waals surface area contributed by atoms with Gasteiger partial charge in [-0.15, -0.1) is 6.58 Å². The second-order valence-corrected chi connectivity index (χ2v) is 3.59. The maximum Gasteiger partial charge on any atom is 0.123 e. The Bertz CT molecular complexity index is 347. The van der Waals surface area contributed by atoms with Crippen LogP contribution >= 0.6 is 0 Å². The molecular formula is C12H17NO2. The number of nitrogens with zero attached hydrogens (tertiary/aromatic N) is 1. The maximum atomic E-state index is 9.67. The minimum absolute atomic E-state index is 0.124. The molecular weight excluding hydrogens is 190 g/mol. The normalized spacial score (nSPS) is 12.2. The number of aliphatic hydroxyl groups excluding tert-OH is 1. The van der Waals surface area contributed by atoms with E-state index in [1.807, 2.05) is 18.0 Å². The van der Waals surface area contributed by atoms with Gasteiger partial charge in [-0.25, -0.2) is 0 Å². The molecule has 0 aliphatic rings. The molecule has 0 bridgehead atoms. The second-order valence-electron chi connectivity index (χ2n) is 3.59. The van der Waals surface area contributed by atoms with Crippen molar-refractivity contribution >= 4 is 5.69 Å². The van der Waals surface area contributed by atoms with Crippen LogP contribution in [0.2, 0.25) is 0 Å². The predicted octanol–water partition coefficient (Wildman–Crippen LogP) is 2.07. The summed E-state index contributed by atoms with van der Waals surface area (Å²) < 4.78 is 0. The highest BCUT2D eigenvalue weighted by atomic mass is 16.3. The van der Waals surface area contributed by atoms with Crippen LogP contribution in [-0.4, -0.2) is 23.8 Å². The van der Waals surface area contributed by atoms with Gasteiger partial charge in [0.25, 0.3) is 0 Å². The third-order valence-electron chi connectivity index (χ3n) is 2.31. The highest BCUT2D eigenvalue weighted by Crippen LogP contribution is 2.28. The molecule has 0 aromatic heterocycles. The number of phenols is 1. The summed E-state index contributed by atoms with van der Waals surface area (Å²) in [5, 5.41) is 19.0. The minimum atomic E-state index is -0.649. The van der Waals surface area contributed by atoms with Gasteiger partial charge in [0.15, 0.2) is 0 Å². The van der Waals surface area contributed by atoms with Gasteiger partial charge in [-0.05, 0) is 13.0 Å². The quantitative estimate of drug-likeness (QED) is 0.743. The first-order chi connectivity index (χ1) is 7.06. The molecule has 1 aromatic carbocycles. The van der Waals surface area contributed by atoms with E-state index < -0.39 is 6.10 Å². The summed E-state index contributed by atoms with van der Waals surface area (Å²) in [6.45, 7) is 5.99. The Morgan fingerprint density at radius 1 is 1.53 bits per heavy atom. The fraction of sp³-hybridized carbons (Fsp3) is 0.333. The molecule has 0 radical (unpaired) electrons. The van der Waals surface area contributed by atoms with Crippen molar-refractivity contribution in [2.24, 2.45) is 0 Å². The second kappa shape index (κ2) is 4.84. The van der Waals surface area contributed by atoms with Crippen LogP contribution in [0.3, 0.4) is 0 Å². The Labute approximate surface area is 90.3 Å². The lowest BCUT2D eigenvalue weighted by molar-refractivity contribution is 0.195. The summed E-state index contributed by atoms with van der Waals surface area (Å²) in [7, 11) is 1.92. The lowest BCUT2D eigenvalue weighted by atomic mass is 10.1. The van der Waals surface area contributed by atoms with Crippen molar-refractivity contribution in [3.05, 3.63) is 36.4 Å². The van der Waals surface area contributed by atoms with Crippen molar-refractivity contribution in [2.75, 3.05) is 18.5 Å². The Morgan fingerprint density at radius 3 is 2.67 bits per heavy atom. The van der Waals surface area contributed by atoms with Crippen LogP contribution in [0.5, 0.6) is 5.75 Å². The van der Waals surface area contributed by atoms with E-state index in [1.165, 1.54) is 0 Å². The van der Waals surface area contributed by atoms with Crippen molar-refractivity contribution in [1.82, 2.24) is 0 Å².